The molecule has 8 heteroatoms. The fourth-order valence-corrected chi connectivity index (χ4v) is 4.80. The van der Waals surface area contributed by atoms with Crippen LogP contribution in [0.3, 0.4) is 0 Å². The smallest absolute Gasteiger partial charge is 0.244 e. The van der Waals surface area contributed by atoms with Crippen LogP contribution in [0.5, 0.6) is 5.75 Å². The molecule has 2 N–H and O–H groups in total. The summed E-state index contributed by atoms with van der Waals surface area (Å²) in [4.78, 5) is 0.132. The second-order valence-electron chi connectivity index (χ2n) is 4.33. The maximum atomic E-state index is 12.5. The van der Waals surface area contributed by atoms with Crippen molar-refractivity contribution >= 4 is 37.6 Å². The summed E-state index contributed by atoms with van der Waals surface area (Å²) in [5.74, 6) is 0.422. The van der Waals surface area contributed by atoms with Crippen LogP contribution in [0.15, 0.2) is 21.5 Å². The van der Waals surface area contributed by atoms with Crippen molar-refractivity contribution in [1.82, 2.24) is 4.31 Å². The van der Waals surface area contributed by atoms with Crippen LogP contribution in [0, 0.1) is 0 Å². The first-order chi connectivity index (χ1) is 8.86. The van der Waals surface area contributed by atoms with Crippen molar-refractivity contribution in [3.63, 3.8) is 0 Å². The van der Waals surface area contributed by atoms with E-state index in [0.29, 0.717) is 29.7 Å². The number of rotatable bonds is 3. The third kappa shape index (κ3) is 2.90. The summed E-state index contributed by atoms with van der Waals surface area (Å²) in [5, 5.41) is 0.257. The molecule has 0 bridgehead atoms. The van der Waals surface area contributed by atoms with Gasteiger partial charge in [-0.2, -0.15) is 4.31 Å². The van der Waals surface area contributed by atoms with E-state index in [4.69, 9.17) is 22.1 Å². The number of nitrogens with two attached hydrogens (primary N) is 1. The zero-order valence-electron chi connectivity index (χ0n) is 10.3. The molecule has 0 aromatic heterocycles. The largest absolute Gasteiger partial charge is 0.495 e. The third-order valence-corrected chi connectivity index (χ3v) is 6.13. The van der Waals surface area contributed by atoms with Crippen LogP contribution in [0.2, 0.25) is 5.02 Å². The highest BCUT2D eigenvalue weighted by molar-refractivity contribution is 9.10. The molecule has 1 heterocycles. The van der Waals surface area contributed by atoms with Crippen LogP contribution in [-0.2, 0) is 10.0 Å². The predicted octanol–water partition coefficient (Wildman–Crippen LogP) is 1.83. The van der Waals surface area contributed by atoms with Crippen LogP contribution < -0.4 is 10.5 Å². The Morgan fingerprint density at radius 1 is 1.53 bits per heavy atom. The molecule has 106 valence electrons. The Morgan fingerprint density at radius 2 is 2.21 bits per heavy atom. The molecule has 1 atom stereocenters. The first-order valence-electron chi connectivity index (χ1n) is 5.65. The van der Waals surface area contributed by atoms with Gasteiger partial charge in [0, 0.05) is 23.6 Å². The zero-order valence-corrected chi connectivity index (χ0v) is 13.4. The van der Waals surface area contributed by atoms with Gasteiger partial charge in [-0.25, -0.2) is 8.42 Å². The van der Waals surface area contributed by atoms with Crippen molar-refractivity contribution in [3.05, 3.63) is 21.6 Å². The molecule has 2 rings (SSSR count). The average molecular weight is 370 g/mol. The molecular formula is C11H14BrClN2O3S. The summed E-state index contributed by atoms with van der Waals surface area (Å²) in [6.07, 6.45) is 0.667. The molecule has 1 aromatic rings. The molecule has 0 spiro atoms. The number of sulfonamides is 1. The van der Waals surface area contributed by atoms with Gasteiger partial charge in [0.15, 0.2) is 0 Å². The van der Waals surface area contributed by atoms with Crippen LogP contribution >= 0.6 is 27.5 Å². The molecule has 1 aromatic carbocycles. The highest BCUT2D eigenvalue weighted by Crippen LogP contribution is 2.35. The number of methoxy groups -OCH3 is 1. The molecule has 0 radical (unpaired) electrons. The lowest BCUT2D eigenvalue weighted by Crippen LogP contribution is -2.32. The summed E-state index contributed by atoms with van der Waals surface area (Å²) < 4.78 is 31.8. The van der Waals surface area contributed by atoms with E-state index < -0.39 is 10.0 Å². The monoisotopic (exact) mass is 368 g/mol. The molecule has 0 saturated carbocycles. The maximum Gasteiger partial charge on any atom is 0.244 e. The lowest BCUT2D eigenvalue weighted by Gasteiger charge is -2.17. The second-order valence-corrected chi connectivity index (χ2v) is 7.50. The summed E-state index contributed by atoms with van der Waals surface area (Å²) in [6.45, 7) is 0.762. The van der Waals surface area contributed by atoms with Gasteiger partial charge in [-0.3, -0.25) is 0 Å². The van der Waals surface area contributed by atoms with Gasteiger partial charge in [0.2, 0.25) is 10.0 Å². The number of nitrogens with zero attached hydrogens (tertiary/aromatic N) is 1. The molecule has 19 heavy (non-hydrogen) atoms. The molecule has 5 nitrogen and oxygen atoms in total. The van der Waals surface area contributed by atoms with Crippen LogP contribution in [0.4, 0.5) is 0 Å². The van der Waals surface area contributed by atoms with Crippen molar-refractivity contribution in [2.45, 2.75) is 17.4 Å². The quantitative estimate of drug-likeness (QED) is 0.882. The molecule has 1 saturated heterocycles. The van der Waals surface area contributed by atoms with Gasteiger partial charge in [-0.15, -0.1) is 0 Å². The molecule has 1 aliphatic heterocycles. The first-order valence-corrected chi connectivity index (χ1v) is 8.26. The standard InChI is InChI=1S/C11H14BrClN2O3S/c1-18-10-4-8(12)11(5-9(10)13)19(16,17)15-3-2-7(14)6-15/h4-5,7H,2-3,6,14H2,1H3/t7-/m1/s1. The molecule has 0 unspecified atom stereocenters. The molecular weight excluding hydrogens is 356 g/mol. The Morgan fingerprint density at radius 3 is 2.74 bits per heavy atom. The Hall–Kier alpha value is -0.340. The van der Waals surface area contributed by atoms with E-state index >= 15 is 0 Å². The SMILES string of the molecule is COc1cc(Br)c(S(=O)(=O)N2CC[C@@H](N)C2)cc1Cl. The van der Waals surface area contributed by atoms with Crippen molar-refractivity contribution in [1.29, 1.82) is 0 Å². The van der Waals surface area contributed by atoms with E-state index in [-0.39, 0.29) is 16.0 Å². The van der Waals surface area contributed by atoms with Crippen molar-refractivity contribution in [2.75, 3.05) is 20.2 Å². The number of halogens is 2. The normalized spacial score (nSPS) is 20.7. The second kappa shape index (κ2) is 5.57. The van der Waals surface area contributed by atoms with Crippen molar-refractivity contribution < 1.29 is 13.2 Å². The number of hydrogen-bond donors (Lipinski definition) is 1. The van der Waals surface area contributed by atoms with Crippen molar-refractivity contribution in [3.8, 4) is 5.75 Å². The van der Waals surface area contributed by atoms with Crippen LogP contribution in [0.25, 0.3) is 0 Å². The topological polar surface area (TPSA) is 72.6 Å². The summed E-state index contributed by atoms with van der Waals surface area (Å²) in [7, 11) is -2.11. The van der Waals surface area contributed by atoms with E-state index in [9.17, 15) is 8.42 Å². The summed E-state index contributed by atoms with van der Waals surface area (Å²) >= 11 is 9.23. The summed E-state index contributed by atoms with van der Waals surface area (Å²) in [6, 6.07) is 2.83. The van der Waals surface area contributed by atoms with E-state index in [1.807, 2.05) is 0 Å². The molecule has 0 aliphatic carbocycles. The van der Waals surface area contributed by atoms with Gasteiger partial charge >= 0.3 is 0 Å². The third-order valence-electron chi connectivity index (χ3n) is 3.01. The van der Waals surface area contributed by atoms with Gasteiger partial charge in [0.25, 0.3) is 0 Å². The van der Waals surface area contributed by atoms with Gasteiger partial charge in [0.05, 0.1) is 17.0 Å². The number of hydrogen-bond acceptors (Lipinski definition) is 4. The van der Waals surface area contributed by atoms with E-state index in [2.05, 4.69) is 15.9 Å². The minimum Gasteiger partial charge on any atom is -0.495 e. The van der Waals surface area contributed by atoms with Gasteiger partial charge in [0.1, 0.15) is 5.75 Å². The number of ether oxygens (including phenoxy) is 1. The Balaban J connectivity index is 2.44. The average Bonchev–Trinajstić information content (AvgIpc) is 2.79. The van der Waals surface area contributed by atoms with Gasteiger partial charge < -0.3 is 10.5 Å². The predicted molar refractivity (Wildman–Crippen MR) is 77.1 cm³/mol. The lowest BCUT2D eigenvalue weighted by atomic mass is 10.3. The minimum atomic E-state index is -3.58. The van der Waals surface area contributed by atoms with E-state index in [0.717, 1.165) is 0 Å². The number of benzene rings is 1. The van der Waals surface area contributed by atoms with Crippen molar-refractivity contribution in [2.24, 2.45) is 5.73 Å². The van der Waals surface area contributed by atoms with E-state index in [1.165, 1.54) is 17.5 Å². The highest BCUT2D eigenvalue weighted by Gasteiger charge is 2.32. The highest BCUT2D eigenvalue weighted by atomic mass is 79.9. The maximum absolute atomic E-state index is 12.5. The van der Waals surface area contributed by atoms with Crippen LogP contribution in [-0.4, -0.2) is 39.0 Å². The fourth-order valence-electron chi connectivity index (χ4n) is 1.98. The minimum absolute atomic E-state index is 0.109. The lowest BCUT2D eigenvalue weighted by molar-refractivity contribution is 0.414. The fraction of sp³-hybridized carbons (Fsp3) is 0.455. The zero-order chi connectivity index (χ0) is 14.2. The molecule has 1 aliphatic rings. The van der Waals surface area contributed by atoms with Crippen LogP contribution in [0.1, 0.15) is 6.42 Å². The Kier molecular flexibility index (Phi) is 4.42. The molecule has 1 fully saturated rings. The Labute approximate surface area is 125 Å². The first kappa shape index (κ1) is 15.1. The van der Waals surface area contributed by atoms with E-state index in [1.54, 1.807) is 6.07 Å². The molecule has 0 amide bonds. The Bertz CT molecular complexity index is 594. The van der Waals surface area contributed by atoms with Gasteiger partial charge in [-0.05, 0) is 34.5 Å². The summed E-state index contributed by atoms with van der Waals surface area (Å²) in [5.41, 5.74) is 5.75. The van der Waals surface area contributed by atoms with Gasteiger partial charge in [-0.1, -0.05) is 11.6 Å².